The third-order valence-corrected chi connectivity index (χ3v) is 3.19. The van der Waals surface area contributed by atoms with E-state index in [-0.39, 0.29) is 5.69 Å². The molecular formula is C16H11F3N2. The summed E-state index contributed by atoms with van der Waals surface area (Å²) in [4.78, 5) is 4.03. The molecule has 0 atom stereocenters. The topological polar surface area (TPSA) is 24.9 Å². The van der Waals surface area contributed by atoms with Crippen LogP contribution in [0.2, 0.25) is 0 Å². The molecular weight excluding hydrogens is 277 g/mol. The number of anilines is 1. The van der Waals surface area contributed by atoms with Crippen LogP contribution in [0, 0.1) is 17.5 Å². The first-order valence-electron chi connectivity index (χ1n) is 6.34. The summed E-state index contributed by atoms with van der Waals surface area (Å²) in [5.41, 5.74) is 1.14. The minimum atomic E-state index is -1.46. The van der Waals surface area contributed by atoms with Crippen LogP contribution in [0.25, 0.3) is 10.8 Å². The monoisotopic (exact) mass is 288 g/mol. The Morgan fingerprint density at radius 1 is 0.905 bits per heavy atom. The summed E-state index contributed by atoms with van der Waals surface area (Å²) in [5, 5.41) is 4.91. The van der Waals surface area contributed by atoms with Crippen molar-refractivity contribution in [3.05, 3.63) is 71.8 Å². The third-order valence-electron chi connectivity index (χ3n) is 3.19. The molecule has 0 aliphatic rings. The summed E-state index contributed by atoms with van der Waals surface area (Å²) in [6.07, 6.45) is 3.46. The number of pyridine rings is 1. The highest BCUT2D eigenvalue weighted by molar-refractivity contribution is 5.82. The van der Waals surface area contributed by atoms with E-state index in [9.17, 15) is 13.2 Å². The Morgan fingerprint density at radius 3 is 2.43 bits per heavy atom. The van der Waals surface area contributed by atoms with E-state index in [2.05, 4.69) is 10.3 Å². The molecule has 1 N–H and O–H groups in total. The number of benzene rings is 2. The lowest BCUT2D eigenvalue weighted by Crippen LogP contribution is -2.02. The molecule has 21 heavy (non-hydrogen) atoms. The second-order valence-corrected chi connectivity index (χ2v) is 4.66. The highest BCUT2D eigenvalue weighted by Gasteiger charge is 2.10. The number of halogens is 3. The lowest BCUT2D eigenvalue weighted by Gasteiger charge is -2.08. The van der Waals surface area contributed by atoms with Crippen molar-refractivity contribution in [2.45, 2.75) is 6.54 Å². The van der Waals surface area contributed by atoms with Crippen LogP contribution in [0.1, 0.15) is 5.56 Å². The SMILES string of the molecule is Fc1cc(NCc2ccc3cnccc3c2)cc(F)c1F. The number of aromatic nitrogens is 1. The molecule has 0 unspecified atom stereocenters. The van der Waals surface area contributed by atoms with Gasteiger partial charge >= 0.3 is 0 Å². The van der Waals surface area contributed by atoms with Crippen molar-refractivity contribution in [2.24, 2.45) is 0 Å². The Bertz CT molecular complexity index is 779. The number of nitrogens with zero attached hydrogens (tertiary/aromatic N) is 1. The van der Waals surface area contributed by atoms with Crippen molar-refractivity contribution < 1.29 is 13.2 Å². The quantitative estimate of drug-likeness (QED) is 0.728. The molecule has 3 aromatic rings. The Labute approximate surface area is 119 Å². The van der Waals surface area contributed by atoms with E-state index < -0.39 is 17.5 Å². The van der Waals surface area contributed by atoms with Gasteiger partial charge in [0.15, 0.2) is 17.5 Å². The van der Waals surface area contributed by atoms with Crippen molar-refractivity contribution in [3.63, 3.8) is 0 Å². The lowest BCUT2D eigenvalue weighted by atomic mass is 10.1. The van der Waals surface area contributed by atoms with Gasteiger partial charge in [0.05, 0.1) is 0 Å². The van der Waals surface area contributed by atoms with Gasteiger partial charge in [-0.05, 0) is 23.1 Å². The van der Waals surface area contributed by atoms with Crippen molar-refractivity contribution in [1.82, 2.24) is 4.98 Å². The van der Waals surface area contributed by atoms with E-state index >= 15 is 0 Å². The minimum Gasteiger partial charge on any atom is -0.381 e. The van der Waals surface area contributed by atoms with Gasteiger partial charge in [-0.1, -0.05) is 12.1 Å². The van der Waals surface area contributed by atoms with Crippen LogP contribution in [0.5, 0.6) is 0 Å². The lowest BCUT2D eigenvalue weighted by molar-refractivity contribution is 0.447. The van der Waals surface area contributed by atoms with Gasteiger partial charge < -0.3 is 5.32 Å². The number of rotatable bonds is 3. The molecule has 2 nitrogen and oxygen atoms in total. The van der Waals surface area contributed by atoms with Gasteiger partial charge in [-0.2, -0.15) is 0 Å². The molecule has 2 aromatic carbocycles. The van der Waals surface area contributed by atoms with Gasteiger partial charge in [-0.3, -0.25) is 4.98 Å². The fourth-order valence-corrected chi connectivity index (χ4v) is 2.10. The summed E-state index contributed by atoms with van der Waals surface area (Å²) < 4.78 is 39.1. The van der Waals surface area contributed by atoms with Crippen LogP contribution in [0.15, 0.2) is 48.8 Å². The fourth-order valence-electron chi connectivity index (χ4n) is 2.10. The van der Waals surface area contributed by atoms with Crippen LogP contribution in [0.3, 0.4) is 0 Å². The van der Waals surface area contributed by atoms with Gasteiger partial charge in [0, 0.05) is 42.1 Å². The normalized spacial score (nSPS) is 10.8. The number of hydrogen-bond donors (Lipinski definition) is 1. The maximum absolute atomic E-state index is 13.1. The highest BCUT2D eigenvalue weighted by Crippen LogP contribution is 2.19. The van der Waals surface area contributed by atoms with E-state index in [1.54, 1.807) is 12.4 Å². The summed E-state index contributed by atoms with van der Waals surface area (Å²) >= 11 is 0. The van der Waals surface area contributed by atoms with Crippen LogP contribution < -0.4 is 5.32 Å². The molecule has 106 valence electrons. The number of fused-ring (bicyclic) bond motifs is 1. The molecule has 1 aromatic heterocycles. The molecule has 0 aliphatic carbocycles. The first-order chi connectivity index (χ1) is 10.1. The maximum atomic E-state index is 13.1. The average Bonchev–Trinajstić information content (AvgIpc) is 2.50. The van der Waals surface area contributed by atoms with Crippen molar-refractivity contribution in [1.29, 1.82) is 0 Å². The summed E-state index contributed by atoms with van der Waals surface area (Å²) in [7, 11) is 0. The van der Waals surface area contributed by atoms with E-state index in [4.69, 9.17) is 0 Å². The van der Waals surface area contributed by atoms with Crippen molar-refractivity contribution >= 4 is 16.5 Å². The predicted molar refractivity (Wildman–Crippen MR) is 75.4 cm³/mol. The van der Waals surface area contributed by atoms with E-state index in [1.165, 1.54) is 0 Å². The molecule has 0 aliphatic heterocycles. The van der Waals surface area contributed by atoms with Crippen LogP contribution in [-0.4, -0.2) is 4.98 Å². The van der Waals surface area contributed by atoms with Gasteiger partial charge in [-0.15, -0.1) is 0 Å². The van der Waals surface area contributed by atoms with E-state index in [0.29, 0.717) is 6.54 Å². The maximum Gasteiger partial charge on any atom is 0.194 e. The summed E-state index contributed by atoms with van der Waals surface area (Å²) in [6, 6.07) is 9.53. The zero-order chi connectivity index (χ0) is 14.8. The zero-order valence-electron chi connectivity index (χ0n) is 10.9. The van der Waals surface area contributed by atoms with Crippen molar-refractivity contribution in [3.8, 4) is 0 Å². The third kappa shape index (κ3) is 2.81. The Hall–Kier alpha value is -2.56. The molecule has 1 heterocycles. The van der Waals surface area contributed by atoms with E-state index in [0.717, 1.165) is 28.5 Å². The van der Waals surface area contributed by atoms with Gasteiger partial charge in [-0.25, -0.2) is 13.2 Å². The molecule has 0 radical (unpaired) electrons. The summed E-state index contributed by atoms with van der Waals surface area (Å²) in [6.45, 7) is 0.378. The second kappa shape index (κ2) is 5.44. The second-order valence-electron chi connectivity index (χ2n) is 4.66. The highest BCUT2D eigenvalue weighted by atomic mass is 19.2. The first-order valence-corrected chi connectivity index (χ1v) is 6.34. The molecule has 0 fully saturated rings. The van der Waals surface area contributed by atoms with Gasteiger partial charge in [0.1, 0.15) is 0 Å². The molecule has 0 amide bonds. The minimum absolute atomic E-state index is 0.196. The Morgan fingerprint density at radius 2 is 1.67 bits per heavy atom. The number of hydrogen-bond acceptors (Lipinski definition) is 2. The zero-order valence-corrected chi connectivity index (χ0v) is 10.9. The molecule has 0 saturated heterocycles. The Balaban J connectivity index is 1.80. The van der Waals surface area contributed by atoms with E-state index in [1.807, 2.05) is 24.3 Å². The predicted octanol–water partition coefficient (Wildman–Crippen LogP) is 4.26. The summed E-state index contributed by atoms with van der Waals surface area (Å²) in [5.74, 6) is -3.87. The molecule has 0 spiro atoms. The number of nitrogens with one attached hydrogen (secondary N) is 1. The van der Waals surface area contributed by atoms with Gasteiger partial charge in [0.25, 0.3) is 0 Å². The largest absolute Gasteiger partial charge is 0.381 e. The van der Waals surface area contributed by atoms with Crippen LogP contribution in [0.4, 0.5) is 18.9 Å². The standard InChI is InChI=1S/C16H11F3N2/c17-14-6-13(7-15(18)16(14)19)21-8-10-1-2-12-9-20-4-3-11(12)5-10/h1-7,9,21H,8H2. The molecule has 3 rings (SSSR count). The van der Waals surface area contributed by atoms with Gasteiger partial charge in [0.2, 0.25) is 0 Å². The first kappa shape index (κ1) is 13.4. The fraction of sp³-hybridized carbons (Fsp3) is 0.0625. The van der Waals surface area contributed by atoms with Crippen molar-refractivity contribution in [2.75, 3.05) is 5.32 Å². The Kier molecular flexibility index (Phi) is 3.48. The smallest absolute Gasteiger partial charge is 0.194 e. The molecule has 0 bridgehead atoms. The average molecular weight is 288 g/mol. The molecule has 0 saturated carbocycles. The van der Waals surface area contributed by atoms with Crippen LogP contribution >= 0.6 is 0 Å². The molecule has 5 heteroatoms. The van der Waals surface area contributed by atoms with Crippen LogP contribution in [-0.2, 0) is 6.54 Å².